The molecule has 9 heteroatoms. The van der Waals surface area contributed by atoms with E-state index in [2.05, 4.69) is 16.0 Å². The highest BCUT2D eigenvalue weighted by Gasteiger charge is 2.29. The van der Waals surface area contributed by atoms with Gasteiger partial charge in [-0.1, -0.05) is 32.4 Å². The summed E-state index contributed by atoms with van der Waals surface area (Å²) < 4.78 is 5.11. The predicted molar refractivity (Wildman–Crippen MR) is 118 cm³/mol. The first kappa shape index (κ1) is 26.1. The lowest BCUT2D eigenvalue weighted by Crippen LogP contribution is -2.55. The van der Waals surface area contributed by atoms with Crippen molar-refractivity contribution < 1.29 is 24.2 Å². The molecule has 1 aromatic rings. The molecule has 3 amide bonds. The fraction of sp³-hybridized carbons (Fsp3) is 0.545. The van der Waals surface area contributed by atoms with Gasteiger partial charge in [0, 0.05) is 19.7 Å². The van der Waals surface area contributed by atoms with Crippen molar-refractivity contribution in [1.29, 1.82) is 5.41 Å². The molecule has 0 saturated carbocycles. The Kier molecular flexibility index (Phi) is 11.3. The molecule has 0 spiro atoms. The summed E-state index contributed by atoms with van der Waals surface area (Å²) >= 11 is 0. The van der Waals surface area contributed by atoms with E-state index >= 15 is 0 Å². The number of carbonyl (C=O) groups excluding carboxylic acids is 3. The Morgan fingerprint density at radius 3 is 2.29 bits per heavy atom. The molecule has 1 aromatic carbocycles. The lowest BCUT2D eigenvalue weighted by atomic mass is 9.97. The molecule has 2 unspecified atom stereocenters. The van der Waals surface area contributed by atoms with Crippen molar-refractivity contribution >= 4 is 23.9 Å². The third kappa shape index (κ3) is 9.17. The van der Waals surface area contributed by atoms with Crippen molar-refractivity contribution in [3.8, 4) is 5.75 Å². The molecule has 0 saturated heterocycles. The average molecular weight is 435 g/mol. The molecule has 9 nitrogen and oxygen atoms in total. The lowest BCUT2D eigenvalue weighted by molar-refractivity contribution is -0.133. The minimum Gasteiger partial charge on any atom is -0.497 e. The smallest absolute Gasteiger partial charge is 0.243 e. The topological polar surface area (TPSA) is 141 Å². The maximum Gasteiger partial charge on any atom is 0.243 e. The molecule has 0 fully saturated rings. The fourth-order valence-electron chi connectivity index (χ4n) is 2.93. The molecule has 0 aromatic heterocycles. The van der Waals surface area contributed by atoms with Gasteiger partial charge in [-0.3, -0.25) is 14.4 Å². The molecule has 0 bridgehead atoms. The summed E-state index contributed by atoms with van der Waals surface area (Å²) in [7, 11) is 1.57. The van der Waals surface area contributed by atoms with E-state index in [1.807, 2.05) is 26.0 Å². The Balaban J connectivity index is 2.87. The molecule has 0 heterocycles. The zero-order valence-electron chi connectivity index (χ0n) is 18.6. The van der Waals surface area contributed by atoms with Gasteiger partial charge in [-0.2, -0.15) is 0 Å². The largest absolute Gasteiger partial charge is 0.497 e. The second-order valence-electron chi connectivity index (χ2n) is 7.50. The van der Waals surface area contributed by atoms with Gasteiger partial charge in [0.2, 0.25) is 17.7 Å². The summed E-state index contributed by atoms with van der Waals surface area (Å²) in [5, 5.41) is 24.9. The van der Waals surface area contributed by atoms with Gasteiger partial charge in [0.05, 0.1) is 13.2 Å². The van der Waals surface area contributed by atoms with Crippen molar-refractivity contribution in [2.75, 3.05) is 7.11 Å². The van der Waals surface area contributed by atoms with Crippen LogP contribution in [0.15, 0.2) is 24.3 Å². The summed E-state index contributed by atoms with van der Waals surface area (Å²) in [6.07, 6.45) is 0.823. The van der Waals surface area contributed by atoms with Crippen LogP contribution in [0.25, 0.3) is 0 Å². The van der Waals surface area contributed by atoms with Crippen LogP contribution in [-0.4, -0.2) is 54.3 Å². The van der Waals surface area contributed by atoms with Crippen LogP contribution < -0.4 is 20.7 Å². The first-order valence-corrected chi connectivity index (χ1v) is 10.4. The fourth-order valence-corrected chi connectivity index (χ4v) is 2.93. The Morgan fingerprint density at radius 1 is 1.13 bits per heavy atom. The molecule has 5 N–H and O–H groups in total. The number of amides is 3. The van der Waals surface area contributed by atoms with Crippen molar-refractivity contribution in [3.63, 3.8) is 0 Å². The van der Waals surface area contributed by atoms with Crippen molar-refractivity contribution in [2.24, 2.45) is 5.92 Å². The molecule has 0 aliphatic heterocycles. The van der Waals surface area contributed by atoms with Gasteiger partial charge in [-0.05, 0) is 36.5 Å². The molecule has 0 radical (unpaired) electrons. The molecule has 1 rings (SSSR count). The Labute approximate surface area is 183 Å². The number of aliphatic hydroxyl groups is 1. The quantitative estimate of drug-likeness (QED) is 0.296. The normalized spacial score (nSPS) is 14.5. The van der Waals surface area contributed by atoms with E-state index in [0.717, 1.165) is 11.8 Å². The number of benzene rings is 1. The van der Waals surface area contributed by atoms with Gasteiger partial charge >= 0.3 is 0 Å². The van der Waals surface area contributed by atoms with E-state index in [1.165, 1.54) is 6.92 Å². The number of nitrogens with one attached hydrogen (secondary N) is 4. The molecule has 0 aliphatic carbocycles. The van der Waals surface area contributed by atoms with E-state index in [0.29, 0.717) is 12.2 Å². The SMILES string of the molecule is CCC(C)[C@H](NC(C)=O)C(=O)N[C@@H](CCC(O)C=N)C(=O)NCc1ccc(OC)cc1. The minimum absolute atomic E-state index is 0.126. The standard InChI is InChI=1S/C22H34N4O5/c1-5-14(2)20(25-15(3)27)22(30)26-19(11-8-17(28)12-23)21(29)24-13-16-6-9-18(31-4)10-7-16/h6-7,9-10,12,14,17,19-20,23,28H,5,8,11,13H2,1-4H3,(H,24,29)(H,25,27)(H,26,30)/t14?,17?,19-,20-/m0/s1. The van der Waals surface area contributed by atoms with Crippen LogP contribution in [-0.2, 0) is 20.9 Å². The number of carbonyl (C=O) groups is 3. The second-order valence-corrected chi connectivity index (χ2v) is 7.50. The lowest BCUT2D eigenvalue weighted by Gasteiger charge is -2.26. The van der Waals surface area contributed by atoms with Crippen LogP contribution >= 0.6 is 0 Å². The van der Waals surface area contributed by atoms with E-state index in [9.17, 15) is 19.5 Å². The van der Waals surface area contributed by atoms with Crippen LogP contribution in [0.5, 0.6) is 5.75 Å². The number of rotatable bonds is 13. The van der Waals surface area contributed by atoms with Gasteiger partial charge in [0.1, 0.15) is 17.8 Å². The summed E-state index contributed by atoms with van der Waals surface area (Å²) in [6, 6.07) is 5.52. The Morgan fingerprint density at radius 2 is 1.77 bits per heavy atom. The third-order valence-electron chi connectivity index (χ3n) is 5.06. The monoisotopic (exact) mass is 434 g/mol. The van der Waals surface area contributed by atoms with Crippen LogP contribution in [0.4, 0.5) is 0 Å². The third-order valence-corrected chi connectivity index (χ3v) is 5.06. The molecule has 4 atom stereocenters. The zero-order chi connectivity index (χ0) is 23.4. The van der Waals surface area contributed by atoms with Crippen molar-refractivity contribution in [2.45, 2.75) is 64.8 Å². The summed E-state index contributed by atoms with van der Waals surface area (Å²) in [6.45, 7) is 5.34. The minimum atomic E-state index is -1.01. The number of methoxy groups -OCH3 is 1. The van der Waals surface area contributed by atoms with Crippen molar-refractivity contribution in [1.82, 2.24) is 16.0 Å². The van der Waals surface area contributed by atoms with Gasteiger partial charge in [-0.25, -0.2) is 0 Å². The maximum absolute atomic E-state index is 12.8. The Hall–Kier alpha value is -2.94. The van der Waals surface area contributed by atoms with Gasteiger partial charge in [0.25, 0.3) is 0 Å². The second kappa shape index (κ2) is 13.4. The highest BCUT2D eigenvalue weighted by atomic mass is 16.5. The maximum atomic E-state index is 12.8. The van der Waals surface area contributed by atoms with E-state index in [4.69, 9.17) is 10.1 Å². The van der Waals surface area contributed by atoms with Crippen LogP contribution in [0.3, 0.4) is 0 Å². The van der Waals surface area contributed by atoms with Gasteiger partial charge in [0.15, 0.2) is 0 Å². The molecular weight excluding hydrogens is 400 g/mol. The summed E-state index contributed by atoms with van der Waals surface area (Å²) in [5.41, 5.74) is 0.856. The van der Waals surface area contributed by atoms with Gasteiger partial charge < -0.3 is 31.2 Å². The van der Waals surface area contributed by atoms with Crippen molar-refractivity contribution in [3.05, 3.63) is 29.8 Å². The predicted octanol–water partition coefficient (Wildman–Crippen LogP) is 1.14. The summed E-state index contributed by atoms with van der Waals surface area (Å²) in [4.78, 5) is 37.1. The molecular formula is C22H34N4O5. The van der Waals surface area contributed by atoms with Crippen LogP contribution in [0.2, 0.25) is 0 Å². The van der Waals surface area contributed by atoms with Crippen LogP contribution in [0.1, 0.15) is 45.6 Å². The number of ether oxygens (including phenoxy) is 1. The zero-order valence-corrected chi connectivity index (χ0v) is 18.6. The number of hydrogen-bond donors (Lipinski definition) is 5. The highest BCUT2D eigenvalue weighted by molar-refractivity contribution is 5.92. The molecule has 0 aliphatic rings. The first-order valence-electron chi connectivity index (χ1n) is 10.4. The number of hydrogen-bond acceptors (Lipinski definition) is 6. The summed E-state index contributed by atoms with van der Waals surface area (Å²) in [5.74, 6) is -0.625. The highest BCUT2D eigenvalue weighted by Crippen LogP contribution is 2.12. The van der Waals surface area contributed by atoms with E-state index < -0.39 is 30.0 Å². The van der Waals surface area contributed by atoms with E-state index in [1.54, 1.807) is 19.2 Å². The molecule has 172 valence electrons. The van der Waals surface area contributed by atoms with E-state index in [-0.39, 0.29) is 31.2 Å². The molecule has 31 heavy (non-hydrogen) atoms. The average Bonchev–Trinajstić information content (AvgIpc) is 2.77. The Bertz CT molecular complexity index is 738. The van der Waals surface area contributed by atoms with Gasteiger partial charge in [-0.15, -0.1) is 0 Å². The number of aliphatic hydroxyl groups excluding tert-OH is 1. The van der Waals surface area contributed by atoms with Crippen LogP contribution in [0, 0.1) is 11.3 Å². The first-order chi connectivity index (χ1) is 14.7.